The van der Waals surface area contributed by atoms with Gasteiger partial charge in [0.1, 0.15) is 24.5 Å². The van der Waals surface area contributed by atoms with Gasteiger partial charge in [0.15, 0.2) is 28.1 Å². The van der Waals surface area contributed by atoms with Gasteiger partial charge in [0, 0.05) is 28.7 Å². The van der Waals surface area contributed by atoms with E-state index >= 15 is 0 Å². The van der Waals surface area contributed by atoms with Crippen LogP contribution >= 0.6 is 34.7 Å². The minimum atomic E-state index is -1.75. The smallest absolute Gasteiger partial charge is 0.352 e. The number of carboxylic acid groups (broad SMARTS) is 2. The van der Waals surface area contributed by atoms with Crippen LogP contribution in [0.1, 0.15) is 42.7 Å². The summed E-state index contributed by atoms with van der Waals surface area (Å²) in [6, 6.07) is 10.8. The van der Waals surface area contributed by atoms with Crippen LogP contribution in [0.4, 0.5) is 5.13 Å². The fourth-order valence-electron chi connectivity index (χ4n) is 5.70. The Morgan fingerprint density at radius 1 is 1.12 bits per heavy atom. The molecule has 0 saturated carbocycles. The van der Waals surface area contributed by atoms with E-state index in [0.717, 1.165) is 22.5 Å². The van der Waals surface area contributed by atoms with Crippen LogP contribution in [0.2, 0.25) is 5.02 Å². The number of benzene rings is 2. The molecular formula is C35H37ClN5O9S2+. The van der Waals surface area contributed by atoms with Gasteiger partial charge in [-0.05, 0) is 37.1 Å². The Labute approximate surface area is 312 Å². The molecule has 52 heavy (non-hydrogen) atoms. The molecule has 14 nitrogen and oxygen atoms in total. The summed E-state index contributed by atoms with van der Waals surface area (Å²) >= 11 is 8.62. The number of aromatic hydroxyl groups is 2. The molecule has 0 bridgehead atoms. The maximum atomic E-state index is 13.4. The monoisotopic (exact) mass is 770 g/mol. The highest BCUT2D eigenvalue weighted by molar-refractivity contribution is 8.00. The molecule has 274 valence electrons. The molecule has 0 aliphatic carbocycles. The first-order valence-electron chi connectivity index (χ1n) is 15.8. The zero-order valence-electron chi connectivity index (χ0n) is 28.6. The van der Waals surface area contributed by atoms with Gasteiger partial charge < -0.3 is 35.5 Å². The number of β-lactam (4-membered cyclic amide) rings is 1. The topological polar surface area (TPSA) is 213 Å². The molecule has 1 aromatic heterocycles. The summed E-state index contributed by atoms with van der Waals surface area (Å²) in [7, 11) is 4.03. The third kappa shape index (κ3) is 8.25. The Morgan fingerprint density at radius 3 is 2.42 bits per heavy atom. The molecule has 3 heterocycles. The predicted molar refractivity (Wildman–Crippen MR) is 197 cm³/mol. The number of thioether (sulfide) groups is 1. The van der Waals surface area contributed by atoms with E-state index in [-0.39, 0.29) is 50.9 Å². The van der Waals surface area contributed by atoms with Crippen molar-refractivity contribution in [3.63, 3.8) is 0 Å². The van der Waals surface area contributed by atoms with E-state index < -0.39 is 40.5 Å². The van der Waals surface area contributed by atoms with Crippen molar-refractivity contribution in [2.45, 2.75) is 44.3 Å². The quantitative estimate of drug-likeness (QED) is 0.0497. The van der Waals surface area contributed by atoms with E-state index in [1.807, 2.05) is 38.4 Å². The van der Waals surface area contributed by atoms with E-state index in [1.165, 1.54) is 42.0 Å². The molecule has 0 radical (unpaired) electrons. The Hall–Kier alpha value is -4.90. The van der Waals surface area contributed by atoms with Crippen LogP contribution in [0.5, 0.6) is 11.5 Å². The summed E-state index contributed by atoms with van der Waals surface area (Å²) < 4.78 is 0.507. The van der Waals surface area contributed by atoms with E-state index in [1.54, 1.807) is 18.2 Å². The number of quaternary nitrogens is 1. The molecule has 2 aliphatic rings. The van der Waals surface area contributed by atoms with Crippen LogP contribution in [0.25, 0.3) is 6.08 Å². The zero-order chi connectivity index (χ0) is 38.1. The van der Waals surface area contributed by atoms with Crippen molar-refractivity contribution in [1.82, 2.24) is 9.88 Å². The van der Waals surface area contributed by atoms with Gasteiger partial charge in [0.25, 0.3) is 0 Å². The third-order valence-corrected chi connectivity index (χ3v) is 10.9. The zero-order valence-corrected chi connectivity index (χ0v) is 31.0. The van der Waals surface area contributed by atoms with E-state index in [0.29, 0.717) is 28.7 Å². The van der Waals surface area contributed by atoms with Crippen molar-refractivity contribution in [2.75, 3.05) is 25.6 Å². The molecule has 2 aliphatic heterocycles. The van der Waals surface area contributed by atoms with Gasteiger partial charge in [0.05, 0.1) is 30.4 Å². The maximum absolute atomic E-state index is 13.4. The number of amides is 1. The number of oxime groups is 1. The summed E-state index contributed by atoms with van der Waals surface area (Å²) in [4.78, 5) is 61.2. The number of carbonyl (C=O) groups is 4. The lowest BCUT2D eigenvalue weighted by Gasteiger charge is -2.49. The number of ketones is 1. The van der Waals surface area contributed by atoms with Gasteiger partial charge in [-0.3, -0.25) is 14.5 Å². The highest BCUT2D eigenvalue weighted by Gasteiger charge is 2.54. The van der Waals surface area contributed by atoms with Crippen LogP contribution < -0.4 is 5.73 Å². The fraction of sp³-hybridized carbons (Fsp3) is 0.314. The molecule has 5 rings (SSSR count). The number of hydrogen-bond acceptors (Lipinski definition) is 12. The number of phenols is 2. The van der Waals surface area contributed by atoms with Crippen molar-refractivity contribution >= 4 is 75.2 Å². The average Bonchev–Trinajstić information content (AvgIpc) is 3.51. The number of Topliss-reactive ketones (excluding diaryl/α,β-unsaturated/α-hetero) is 1. The number of allylic oxidation sites excluding steroid dienone is 1. The number of rotatable bonds is 14. The normalized spacial score (nSPS) is 18.0. The van der Waals surface area contributed by atoms with Gasteiger partial charge in [-0.25, -0.2) is 14.6 Å². The van der Waals surface area contributed by atoms with Crippen molar-refractivity contribution in [3.8, 4) is 11.5 Å². The summed E-state index contributed by atoms with van der Waals surface area (Å²) in [5.74, 6) is -4.95. The van der Waals surface area contributed by atoms with Crippen LogP contribution in [0, 0.1) is 5.92 Å². The largest absolute Gasteiger partial charge is 0.504 e. The molecule has 6 N–H and O–H groups in total. The second kappa shape index (κ2) is 15.0. The lowest BCUT2D eigenvalue weighted by molar-refractivity contribution is -0.916. The number of hydrogen-bond donors (Lipinski definition) is 5. The van der Waals surface area contributed by atoms with Crippen LogP contribution in [-0.2, 0) is 37.1 Å². The number of aromatic nitrogens is 1. The SMILES string of the molecule is CC(C)(O/N=C(\C(=O)C[C@@H]1C(=O)N2C(C(=O)O)=C(C=Cc3ccc(C[N+](C)(C)Cc4ccc(O)c(O)c4Cl)cc3)CS[C@H]12)c1csc(N)n1)C(=O)O. The van der Waals surface area contributed by atoms with Gasteiger partial charge in [-0.1, -0.05) is 53.2 Å². The second-order valence-electron chi connectivity index (χ2n) is 13.5. The molecule has 1 amide bonds. The number of anilines is 1. The molecule has 1 fully saturated rings. The summed E-state index contributed by atoms with van der Waals surface area (Å²) in [6.45, 7) is 3.65. The standard InChI is InChI=1S/C35H36ClN5O9S2/c1-35(2,33(48)49)50-39-27(23-17-52-34(37)38-23)25(43)13-22-30(45)40-28(32(46)47)21(16-51-31(22)40)10-9-18-5-7-19(8-6-18)14-41(3,4)15-20-11-12-24(42)29(44)26(20)36/h5-12,17,22,31H,13-16H2,1-4H3,(H5-,37,38,39,42,43,44,46,47,48,49)/p+1/t22-,31-/m1/s1. The van der Waals surface area contributed by atoms with Crippen LogP contribution in [0.15, 0.2) is 64.3 Å². The maximum Gasteiger partial charge on any atom is 0.352 e. The molecule has 1 saturated heterocycles. The molecule has 0 spiro atoms. The highest BCUT2D eigenvalue weighted by Crippen LogP contribution is 2.46. The van der Waals surface area contributed by atoms with Crippen LogP contribution in [-0.4, -0.2) is 95.0 Å². The van der Waals surface area contributed by atoms with E-state index in [2.05, 4.69) is 10.1 Å². The summed E-state index contributed by atoms with van der Waals surface area (Å²) in [5, 5.41) is 44.1. The molecule has 17 heteroatoms. The van der Waals surface area contributed by atoms with Crippen molar-refractivity contribution in [2.24, 2.45) is 11.1 Å². The first-order valence-corrected chi connectivity index (χ1v) is 18.1. The number of nitrogen functional groups attached to an aromatic ring is 1. The Bertz CT molecular complexity index is 2020. The predicted octanol–water partition coefficient (Wildman–Crippen LogP) is 4.69. The van der Waals surface area contributed by atoms with Crippen molar-refractivity contribution < 1.29 is 48.9 Å². The first kappa shape index (κ1) is 38.3. The fourth-order valence-corrected chi connectivity index (χ4v) is 7.85. The molecule has 0 unspecified atom stereocenters. The number of nitrogens with two attached hydrogens (primary N) is 1. The molecule has 2 aromatic carbocycles. The number of fused-ring (bicyclic) bond motifs is 1. The first-order chi connectivity index (χ1) is 24.4. The number of carboxylic acids is 2. The highest BCUT2D eigenvalue weighted by atomic mass is 35.5. The van der Waals surface area contributed by atoms with Gasteiger partial charge in [-0.2, -0.15) is 0 Å². The van der Waals surface area contributed by atoms with Crippen LogP contribution in [0.3, 0.4) is 0 Å². The average molecular weight is 771 g/mol. The Balaban J connectivity index is 1.27. The third-order valence-electron chi connectivity index (χ3n) is 8.47. The number of halogens is 1. The number of aliphatic carboxylic acids is 2. The summed E-state index contributed by atoms with van der Waals surface area (Å²) in [6.07, 6.45) is 3.12. The summed E-state index contributed by atoms with van der Waals surface area (Å²) in [5.41, 5.74) is 6.58. The lowest BCUT2D eigenvalue weighted by atomic mass is 9.89. The minimum absolute atomic E-state index is 0.0723. The number of thiazole rings is 1. The Morgan fingerprint density at radius 2 is 1.81 bits per heavy atom. The molecule has 3 aromatic rings. The van der Waals surface area contributed by atoms with Crippen molar-refractivity contribution in [1.29, 1.82) is 0 Å². The number of carbonyl (C=O) groups excluding carboxylic acids is 2. The van der Waals surface area contributed by atoms with E-state index in [9.17, 15) is 39.6 Å². The van der Waals surface area contributed by atoms with Gasteiger partial charge in [0.2, 0.25) is 11.5 Å². The van der Waals surface area contributed by atoms with Gasteiger partial charge in [-0.15, -0.1) is 23.1 Å². The molecule has 2 atom stereocenters. The second-order valence-corrected chi connectivity index (χ2v) is 15.8. The van der Waals surface area contributed by atoms with Crippen molar-refractivity contribution in [3.05, 3.63) is 86.5 Å². The van der Waals surface area contributed by atoms with E-state index in [4.69, 9.17) is 22.2 Å². The lowest BCUT2D eigenvalue weighted by Crippen LogP contribution is -2.62. The van der Waals surface area contributed by atoms with Gasteiger partial charge >= 0.3 is 11.9 Å². The Kier molecular flexibility index (Phi) is 11.0. The minimum Gasteiger partial charge on any atom is -0.504 e. The molecular weight excluding hydrogens is 734 g/mol. The number of nitrogens with zero attached hydrogens (tertiary/aromatic N) is 4. The number of phenolic OH excluding ortho intramolecular Hbond substituents is 2.